The quantitative estimate of drug-likeness (QED) is 0.0841. The zero-order valence-corrected chi connectivity index (χ0v) is 37.6. The molecule has 0 bridgehead atoms. The fourth-order valence-corrected chi connectivity index (χ4v) is 18.9. The molecule has 0 aliphatic carbocycles. The highest BCUT2D eigenvalue weighted by Crippen LogP contribution is 2.15. The SMILES string of the molecule is CO[Si](OC)(OC)c1ccc([Si](c2ccc([Si](OC)(OC)OC)cc2)(c2ccc([Si](OC)(OC)OC)cc2)c2ccc([Si](OC)(OC)OC)cc2)cc1. The summed E-state index contributed by atoms with van der Waals surface area (Å²) in [7, 11) is 3.54. The predicted octanol–water partition coefficient (Wildman–Crippen LogP) is -0.596. The third-order valence-electron chi connectivity index (χ3n) is 9.91. The van der Waals surface area contributed by atoms with Gasteiger partial charge in [-0.05, 0) is 20.7 Å². The number of hydrogen-bond acceptors (Lipinski definition) is 12. The molecule has 4 aromatic carbocycles. The maximum atomic E-state index is 5.84. The molecule has 4 aromatic rings. The monoisotopic (exact) mass is 816 g/mol. The Hall–Kier alpha value is -2.52. The van der Waals surface area contributed by atoms with Gasteiger partial charge in [0.25, 0.3) is 0 Å². The van der Waals surface area contributed by atoms with Crippen LogP contribution < -0.4 is 41.5 Å². The van der Waals surface area contributed by atoms with Gasteiger partial charge in [-0.3, -0.25) is 0 Å². The first kappa shape index (κ1) is 43.2. The van der Waals surface area contributed by atoms with Crippen LogP contribution in [-0.2, 0) is 53.1 Å². The largest absolute Gasteiger partial charge is 0.536 e. The first-order valence-corrected chi connectivity index (χ1v) is 25.5. The van der Waals surface area contributed by atoms with E-state index in [4.69, 9.17) is 53.1 Å². The van der Waals surface area contributed by atoms with Crippen molar-refractivity contribution in [2.45, 2.75) is 0 Å². The van der Waals surface area contributed by atoms with Crippen LogP contribution in [-0.4, -0.2) is 129 Å². The highest BCUT2D eigenvalue weighted by Gasteiger charge is 2.48. The molecule has 0 atom stereocenters. The molecule has 0 aliphatic heterocycles. The predicted molar refractivity (Wildman–Crippen MR) is 216 cm³/mol. The lowest BCUT2D eigenvalue weighted by Crippen LogP contribution is -2.75. The molecule has 0 saturated carbocycles. The van der Waals surface area contributed by atoms with Crippen molar-refractivity contribution < 1.29 is 53.1 Å². The van der Waals surface area contributed by atoms with E-state index in [2.05, 4.69) is 48.5 Å². The molecule has 0 fully saturated rings. The Bertz CT molecular complexity index is 1420. The number of hydrogen-bond donors (Lipinski definition) is 0. The lowest BCUT2D eigenvalue weighted by Gasteiger charge is -2.36. The molecule has 288 valence electrons. The van der Waals surface area contributed by atoms with E-state index in [1.165, 1.54) is 0 Å². The molecule has 0 heterocycles. The minimum atomic E-state index is -3.18. The average Bonchev–Trinajstić information content (AvgIpc) is 3.23. The summed E-state index contributed by atoms with van der Waals surface area (Å²) in [5.41, 5.74) is 0. The zero-order valence-electron chi connectivity index (χ0n) is 32.6. The normalized spacial score (nSPS) is 13.1. The summed E-state index contributed by atoms with van der Waals surface area (Å²) < 4.78 is 70.1. The Labute approximate surface area is 319 Å². The van der Waals surface area contributed by atoms with Crippen molar-refractivity contribution in [3.63, 3.8) is 0 Å². The molecule has 0 radical (unpaired) electrons. The molecule has 0 spiro atoms. The molecule has 0 amide bonds. The summed E-state index contributed by atoms with van der Waals surface area (Å²) in [6.07, 6.45) is 0. The van der Waals surface area contributed by atoms with Gasteiger partial charge in [-0.15, -0.1) is 0 Å². The first-order valence-electron chi connectivity index (χ1n) is 16.6. The zero-order chi connectivity index (χ0) is 38.9. The molecule has 0 N–H and O–H groups in total. The van der Waals surface area contributed by atoms with Gasteiger partial charge in [0.1, 0.15) is 0 Å². The van der Waals surface area contributed by atoms with E-state index in [1.54, 1.807) is 85.3 Å². The molecule has 0 aromatic heterocycles. The second-order valence-corrected chi connectivity index (χ2v) is 27.2. The fraction of sp³-hybridized carbons (Fsp3) is 0.333. The van der Waals surface area contributed by atoms with Gasteiger partial charge in [-0.1, -0.05) is 97.1 Å². The van der Waals surface area contributed by atoms with Crippen molar-refractivity contribution in [1.29, 1.82) is 0 Å². The molecule has 0 aliphatic rings. The van der Waals surface area contributed by atoms with Gasteiger partial charge < -0.3 is 53.1 Å². The molecular formula is C36H52O12Si5. The van der Waals surface area contributed by atoms with Crippen molar-refractivity contribution in [3.05, 3.63) is 97.1 Å². The van der Waals surface area contributed by atoms with Crippen LogP contribution in [0, 0.1) is 0 Å². The van der Waals surface area contributed by atoms with Gasteiger partial charge in [0.15, 0.2) is 8.07 Å². The Morgan fingerprint density at radius 1 is 0.208 bits per heavy atom. The molecule has 12 nitrogen and oxygen atoms in total. The number of benzene rings is 4. The lowest BCUT2D eigenvalue weighted by atomic mass is 10.3. The van der Waals surface area contributed by atoms with Crippen LogP contribution in [0.25, 0.3) is 0 Å². The summed E-state index contributed by atoms with van der Waals surface area (Å²) in [5.74, 6) is 0. The van der Waals surface area contributed by atoms with Gasteiger partial charge in [-0.25, -0.2) is 0 Å². The smallest absolute Gasteiger partial charge is 0.373 e. The van der Waals surface area contributed by atoms with Gasteiger partial charge in [-0.2, -0.15) is 0 Å². The highest BCUT2D eigenvalue weighted by atomic mass is 28.4. The Morgan fingerprint density at radius 3 is 0.434 bits per heavy atom. The van der Waals surface area contributed by atoms with E-state index in [9.17, 15) is 0 Å². The van der Waals surface area contributed by atoms with Gasteiger partial charge in [0.05, 0.1) is 0 Å². The van der Waals surface area contributed by atoms with Crippen molar-refractivity contribution in [2.24, 2.45) is 0 Å². The van der Waals surface area contributed by atoms with Crippen LogP contribution in [0.5, 0.6) is 0 Å². The van der Waals surface area contributed by atoms with Crippen LogP contribution in [0.15, 0.2) is 97.1 Å². The standard InChI is InChI=1S/C36H52O12Si5/c1-37-50(38-2,39-3)33-21-13-29(14-22-33)49(30-15-23-34(24-16-30)51(40-4,41-5)42-6,31-17-25-35(26-18-31)52(43-7,44-8)45-9)32-19-27-36(28-20-32)53(46-10,47-11)48-12/h13-28H,1-12H3. The summed E-state index contributed by atoms with van der Waals surface area (Å²) in [6, 6.07) is 33.4. The molecule has 53 heavy (non-hydrogen) atoms. The summed E-state index contributed by atoms with van der Waals surface area (Å²) in [5, 5.41) is 7.71. The maximum Gasteiger partial charge on any atom is 0.536 e. The first-order chi connectivity index (χ1) is 25.6. The lowest BCUT2D eigenvalue weighted by molar-refractivity contribution is 0.140. The Kier molecular flexibility index (Phi) is 15.0. The molecule has 0 unspecified atom stereocenters. The second-order valence-electron chi connectivity index (χ2n) is 11.7. The van der Waals surface area contributed by atoms with Crippen molar-refractivity contribution >= 4 is 84.8 Å². The van der Waals surface area contributed by atoms with Gasteiger partial charge in [0, 0.05) is 106 Å². The average molecular weight is 817 g/mol. The van der Waals surface area contributed by atoms with E-state index < -0.39 is 43.3 Å². The Balaban J connectivity index is 2.13. The summed E-state index contributed by atoms with van der Waals surface area (Å²) in [4.78, 5) is 0. The molecule has 0 saturated heterocycles. The third kappa shape index (κ3) is 7.56. The van der Waals surface area contributed by atoms with E-state index in [0.29, 0.717) is 0 Å². The van der Waals surface area contributed by atoms with Crippen molar-refractivity contribution in [3.8, 4) is 0 Å². The minimum absolute atomic E-state index is 0.834. The molecular weight excluding hydrogens is 765 g/mol. The fourth-order valence-electron chi connectivity index (χ4n) is 7.11. The van der Waals surface area contributed by atoms with E-state index in [1.807, 2.05) is 48.5 Å². The van der Waals surface area contributed by atoms with Gasteiger partial charge in [0.2, 0.25) is 0 Å². The van der Waals surface area contributed by atoms with Crippen molar-refractivity contribution in [2.75, 3.05) is 85.3 Å². The van der Waals surface area contributed by atoms with Crippen LogP contribution in [0.2, 0.25) is 0 Å². The van der Waals surface area contributed by atoms with Gasteiger partial charge >= 0.3 is 35.2 Å². The van der Waals surface area contributed by atoms with E-state index >= 15 is 0 Å². The second kappa shape index (κ2) is 18.4. The minimum Gasteiger partial charge on any atom is -0.373 e. The Morgan fingerprint density at radius 2 is 0.321 bits per heavy atom. The van der Waals surface area contributed by atoms with E-state index in [0.717, 1.165) is 41.5 Å². The van der Waals surface area contributed by atoms with E-state index in [-0.39, 0.29) is 0 Å². The maximum absolute atomic E-state index is 5.84. The molecule has 17 heteroatoms. The topological polar surface area (TPSA) is 111 Å². The van der Waals surface area contributed by atoms with Crippen LogP contribution in [0.3, 0.4) is 0 Å². The summed E-state index contributed by atoms with van der Waals surface area (Å²) >= 11 is 0. The van der Waals surface area contributed by atoms with Crippen LogP contribution in [0.4, 0.5) is 0 Å². The molecule has 4 rings (SSSR count). The summed E-state index contributed by atoms with van der Waals surface area (Å²) in [6.45, 7) is 0. The third-order valence-corrected chi connectivity index (χ3v) is 25.3. The van der Waals surface area contributed by atoms with Crippen LogP contribution in [0.1, 0.15) is 0 Å². The van der Waals surface area contributed by atoms with Crippen LogP contribution >= 0.6 is 0 Å². The number of rotatable bonds is 20. The van der Waals surface area contributed by atoms with Crippen molar-refractivity contribution in [1.82, 2.24) is 0 Å². The highest BCUT2D eigenvalue weighted by molar-refractivity contribution is 7.20.